The summed E-state index contributed by atoms with van der Waals surface area (Å²) in [6.07, 6.45) is 12.9. The Balaban J connectivity index is 1.44. The van der Waals surface area contributed by atoms with Gasteiger partial charge in [0, 0.05) is 48.9 Å². The van der Waals surface area contributed by atoms with Gasteiger partial charge in [-0.25, -0.2) is 0 Å². The Morgan fingerprint density at radius 1 is 1.33 bits per heavy atom. The first-order chi connectivity index (χ1) is 14.4. The van der Waals surface area contributed by atoms with Crippen LogP contribution in [-0.4, -0.2) is 67.7 Å². The zero-order valence-corrected chi connectivity index (χ0v) is 17.3. The minimum atomic E-state index is -0.940. The highest BCUT2D eigenvalue weighted by atomic mass is 16.5. The molecule has 1 fully saturated rings. The van der Waals surface area contributed by atoms with Crippen molar-refractivity contribution < 1.29 is 14.6 Å². The first kappa shape index (κ1) is 20.5. The maximum atomic E-state index is 10.2. The lowest BCUT2D eigenvalue weighted by Crippen LogP contribution is -2.62. The number of nitrogens with one attached hydrogen (secondary N) is 2. The zero-order chi connectivity index (χ0) is 21.0. The first-order valence-corrected chi connectivity index (χ1v) is 10.2. The fourth-order valence-electron chi connectivity index (χ4n) is 3.56. The van der Waals surface area contributed by atoms with Crippen molar-refractivity contribution in [1.82, 2.24) is 30.6 Å². The molecular weight excluding hydrogens is 384 g/mol. The first-order valence-electron chi connectivity index (χ1n) is 10.2. The highest BCUT2D eigenvalue weighted by Gasteiger charge is 2.40. The summed E-state index contributed by atoms with van der Waals surface area (Å²) in [5.41, 5.74) is 1.06. The largest absolute Gasteiger partial charge is 0.473 e. The van der Waals surface area contributed by atoms with E-state index in [9.17, 15) is 5.11 Å². The number of H-pyrrole nitrogens is 1. The molecule has 1 unspecified atom stereocenters. The van der Waals surface area contributed by atoms with E-state index >= 15 is 0 Å². The third-order valence-corrected chi connectivity index (χ3v) is 5.15. The average Bonchev–Trinajstić information content (AvgIpc) is 3.28. The van der Waals surface area contributed by atoms with Crippen molar-refractivity contribution in [2.45, 2.75) is 44.2 Å². The molecule has 1 atom stereocenters. The molecule has 0 aliphatic carbocycles. The molecule has 4 rings (SSSR count). The second-order valence-corrected chi connectivity index (χ2v) is 8.23. The second kappa shape index (κ2) is 8.55. The predicted octanol–water partition coefficient (Wildman–Crippen LogP) is 1.68. The van der Waals surface area contributed by atoms with E-state index in [-0.39, 0.29) is 12.7 Å². The molecular formula is C21H28N6O3. The van der Waals surface area contributed by atoms with Crippen molar-refractivity contribution in [2.75, 3.05) is 19.7 Å². The fraction of sp³-hybridized carbons (Fsp3) is 0.476. The van der Waals surface area contributed by atoms with Crippen molar-refractivity contribution in [1.29, 1.82) is 0 Å². The van der Waals surface area contributed by atoms with Crippen molar-refractivity contribution in [3.05, 3.63) is 54.6 Å². The number of aliphatic hydroxyl groups is 1. The van der Waals surface area contributed by atoms with Crippen LogP contribution in [0.4, 0.5) is 0 Å². The molecule has 9 nitrogen and oxygen atoms in total. The minimum absolute atomic E-state index is 0.0777. The number of hydrogen-bond donors (Lipinski definition) is 3. The van der Waals surface area contributed by atoms with Crippen LogP contribution in [0.2, 0.25) is 0 Å². The Morgan fingerprint density at radius 3 is 2.77 bits per heavy atom. The predicted molar refractivity (Wildman–Crippen MR) is 111 cm³/mol. The van der Waals surface area contributed by atoms with Gasteiger partial charge in [0.15, 0.2) is 0 Å². The topological polar surface area (TPSA) is 108 Å². The number of aromatic nitrogens is 4. The van der Waals surface area contributed by atoms with Gasteiger partial charge in [-0.15, -0.1) is 5.10 Å². The van der Waals surface area contributed by atoms with Gasteiger partial charge in [-0.2, -0.15) is 10.2 Å². The molecule has 2 aromatic rings. The number of nitrogens with zero attached hydrogens (tertiary/aromatic N) is 4. The Labute approximate surface area is 175 Å². The summed E-state index contributed by atoms with van der Waals surface area (Å²) in [5, 5.41) is 28.3. The van der Waals surface area contributed by atoms with E-state index in [1.807, 2.05) is 36.7 Å². The highest BCUT2D eigenvalue weighted by Crippen LogP contribution is 2.29. The summed E-state index contributed by atoms with van der Waals surface area (Å²) in [4.78, 5) is 2.23. The lowest BCUT2D eigenvalue weighted by atomic mass is 10.0. The molecule has 3 N–H and O–H groups in total. The number of rotatable bonds is 7. The lowest BCUT2D eigenvalue weighted by molar-refractivity contribution is -0.177. The molecule has 0 saturated carbocycles. The number of ether oxygens (including phenoxy) is 2. The fourth-order valence-corrected chi connectivity index (χ4v) is 3.56. The number of allylic oxidation sites excluding steroid dienone is 2. The quantitative estimate of drug-likeness (QED) is 0.630. The van der Waals surface area contributed by atoms with E-state index in [1.165, 1.54) is 0 Å². The smallest absolute Gasteiger partial charge is 0.233 e. The second-order valence-electron chi connectivity index (χ2n) is 8.23. The SMILES string of the molecule is CC(C)(O)COC1(N2CCC(Oc3cccnn3)CC2)C=CC(c2cn[nH]c2)=CN1. The summed E-state index contributed by atoms with van der Waals surface area (Å²) in [6, 6.07) is 3.64. The summed E-state index contributed by atoms with van der Waals surface area (Å²) >= 11 is 0. The van der Waals surface area contributed by atoms with Crippen LogP contribution in [0.25, 0.3) is 5.57 Å². The third kappa shape index (κ3) is 4.86. The molecule has 0 amide bonds. The van der Waals surface area contributed by atoms with Crippen LogP contribution >= 0.6 is 0 Å². The zero-order valence-electron chi connectivity index (χ0n) is 17.3. The van der Waals surface area contributed by atoms with E-state index < -0.39 is 11.4 Å². The van der Waals surface area contributed by atoms with E-state index in [2.05, 4.69) is 30.6 Å². The molecule has 0 bridgehead atoms. The maximum Gasteiger partial charge on any atom is 0.233 e. The van der Waals surface area contributed by atoms with E-state index in [0.717, 1.165) is 37.1 Å². The molecule has 30 heavy (non-hydrogen) atoms. The number of piperidine rings is 1. The van der Waals surface area contributed by atoms with Crippen LogP contribution in [0.3, 0.4) is 0 Å². The van der Waals surface area contributed by atoms with Crippen LogP contribution in [0.1, 0.15) is 32.3 Å². The molecule has 1 saturated heterocycles. The van der Waals surface area contributed by atoms with E-state index in [1.54, 1.807) is 26.2 Å². The molecule has 2 aromatic heterocycles. The number of dihydropyridines is 1. The average molecular weight is 412 g/mol. The number of hydrogen-bond acceptors (Lipinski definition) is 8. The Morgan fingerprint density at radius 2 is 2.17 bits per heavy atom. The van der Waals surface area contributed by atoms with Crippen LogP contribution in [0.5, 0.6) is 5.88 Å². The van der Waals surface area contributed by atoms with Gasteiger partial charge >= 0.3 is 0 Å². The van der Waals surface area contributed by atoms with Gasteiger partial charge in [-0.05, 0) is 38.8 Å². The summed E-state index contributed by atoms with van der Waals surface area (Å²) in [6.45, 7) is 5.20. The van der Waals surface area contributed by atoms with Crippen molar-refractivity contribution in [3.63, 3.8) is 0 Å². The van der Waals surface area contributed by atoms with Crippen LogP contribution in [0, 0.1) is 0 Å². The van der Waals surface area contributed by atoms with Crippen molar-refractivity contribution >= 4 is 5.57 Å². The molecule has 9 heteroatoms. The monoisotopic (exact) mass is 412 g/mol. The summed E-state index contributed by atoms with van der Waals surface area (Å²) in [5.74, 6) is -0.280. The third-order valence-electron chi connectivity index (χ3n) is 5.15. The van der Waals surface area contributed by atoms with Gasteiger partial charge < -0.3 is 19.9 Å². The molecule has 0 radical (unpaired) electrons. The number of likely N-dealkylation sites (tertiary alicyclic amines) is 1. The minimum Gasteiger partial charge on any atom is -0.473 e. The Bertz CT molecular complexity index is 870. The summed E-state index contributed by atoms with van der Waals surface area (Å²) < 4.78 is 12.2. The molecule has 4 heterocycles. The number of aromatic amines is 1. The van der Waals surface area contributed by atoms with Gasteiger partial charge in [-0.1, -0.05) is 6.08 Å². The Kier molecular flexibility index (Phi) is 5.85. The van der Waals surface area contributed by atoms with Crippen LogP contribution in [-0.2, 0) is 4.74 Å². The highest BCUT2D eigenvalue weighted by molar-refractivity contribution is 5.74. The van der Waals surface area contributed by atoms with Gasteiger partial charge in [0.2, 0.25) is 11.7 Å². The van der Waals surface area contributed by atoms with Crippen molar-refractivity contribution in [2.24, 2.45) is 0 Å². The maximum absolute atomic E-state index is 10.2. The lowest BCUT2D eigenvalue weighted by Gasteiger charge is -2.46. The summed E-state index contributed by atoms with van der Waals surface area (Å²) in [7, 11) is 0. The molecule has 0 spiro atoms. The van der Waals surface area contributed by atoms with Gasteiger partial charge in [-0.3, -0.25) is 10.00 Å². The molecule has 2 aliphatic rings. The van der Waals surface area contributed by atoms with Gasteiger partial charge in [0.25, 0.3) is 0 Å². The standard InChI is InChI=1S/C21H28N6O3/c1-20(2,28)15-29-21(8-5-16(12-22-21)17-13-24-25-14-17)27-10-6-18(7-11-27)30-19-4-3-9-23-26-19/h3-5,8-9,12-14,18,22,28H,6-7,10-11,15H2,1-2H3,(H,24,25). The van der Waals surface area contributed by atoms with Crippen LogP contribution in [0.15, 0.2) is 49.1 Å². The van der Waals surface area contributed by atoms with Crippen LogP contribution < -0.4 is 10.1 Å². The molecule has 2 aliphatic heterocycles. The van der Waals surface area contributed by atoms with Gasteiger partial charge in [0.1, 0.15) is 6.10 Å². The Hall–Kier alpha value is -2.75. The van der Waals surface area contributed by atoms with Crippen molar-refractivity contribution in [3.8, 4) is 5.88 Å². The molecule has 0 aromatic carbocycles. The molecule has 160 valence electrons. The van der Waals surface area contributed by atoms with E-state index in [4.69, 9.17) is 9.47 Å². The van der Waals surface area contributed by atoms with E-state index in [0.29, 0.717) is 5.88 Å². The van der Waals surface area contributed by atoms with Gasteiger partial charge in [0.05, 0.1) is 18.4 Å². The normalized spacial score (nSPS) is 23.1.